The van der Waals surface area contributed by atoms with Crippen molar-refractivity contribution < 1.29 is 19.4 Å². The van der Waals surface area contributed by atoms with E-state index in [-0.39, 0.29) is 12.5 Å². The Labute approximate surface area is 141 Å². The molecule has 24 heavy (non-hydrogen) atoms. The van der Waals surface area contributed by atoms with E-state index in [0.717, 1.165) is 18.4 Å². The highest BCUT2D eigenvalue weighted by atomic mass is 16.5. The van der Waals surface area contributed by atoms with Crippen LogP contribution in [0.15, 0.2) is 48.5 Å². The number of rotatable bonds is 8. The van der Waals surface area contributed by atoms with Gasteiger partial charge in [-0.05, 0) is 41.8 Å². The summed E-state index contributed by atoms with van der Waals surface area (Å²) < 4.78 is 5.12. The van der Waals surface area contributed by atoms with Gasteiger partial charge in [-0.3, -0.25) is 4.79 Å². The minimum Gasteiger partial charge on any atom is -0.482 e. The summed E-state index contributed by atoms with van der Waals surface area (Å²) in [6.45, 7) is 2.08. The molecular formula is C19H21NO4. The monoisotopic (exact) mass is 327 g/mol. The van der Waals surface area contributed by atoms with Crippen LogP contribution >= 0.6 is 0 Å². The number of carbonyl (C=O) groups excluding carboxylic acids is 1. The number of carboxylic acid groups (broad SMARTS) is 1. The molecule has 0 saturated carbocycles. The summed E-state index contributed by atoms with van der Waals surface area (Å²) in [6, 6.07) is 14.6. The highest BCUT2D eigenvalue weighted by Gasteiger charge is 2.06. The number of aliphatic carboxylic acids is 1. The lowest BCUT2D eigenvalue weighted by molar-refractivity contribution is -0.139. The SMILES string of the molecule is CCCc1ccc(C(=O)NCc2cccc(OCC(=O)O)c2)cc1. The number of hydrogen-bond donors (Lipinski definition) is 2. The summed E-state index contributed by atoms with van der Waals surface area (Å²) in [5, 5.41) is 11.5. The zero-order chi connectivity index (χ0) is 17.4. The number of ether oxygens (including phenoxy) is 1. The average Bonchev–Trinajstić information content (AvgIpc) is 2.59. The third-order valence-electron chi connectivity index (χ3n) is 3.47. The van der Waals surface area contributed by atoms with Gasteiger partial charge in [0.15, 0.2) is 6.61 Å². The number of aryl methyl sites for hydroxylation is 1. The first kappa shape index (κ1) is 17.5. The van der Waals surface area contributed by atoms with Gasteiger partial charge in [0.1, 0.15) is 5.75 Å². The molecule has 0 aromatic heterocycles. The fourth-order valence-corrected chi connectivity index (χ4v) is 2.29. The van der Waals surface area contributed by atoms with Crippen LogP contribution in [-0.4, -0.2) is 23.6 Å². The topological polar surface area (TPSA) is 75.6 Å². The van der Waals surface area contributed by atoms with E-state index < -0.39 is 5.97 Å². The van der Waals surface area contributed by atoms with Gasteiger partial charge < -0.3 is 15.2 Å². The summed E-state index contributed by atoms with van der Waals surface area (Å²) in [5.41, 5.74) is 2.68. The first-order valence-electron chi connectivity index (χ1n) is 7.89. The maximum atomic E-state index is 12.2. The molecule has 0 aliphatic rings. The Kier molecular flexibility index (Phi) is 6.37. The Bertz CT molecular complexity index is 695. The normalized spacial score (nSPS) is 10.2. The van der Waals surface area contributed by atoms with Gasteiger partial charge in [-0.15, -0.1) is 0 Å². The molecule has 0 spiro atoms. The third-order valence-corrected chi connectivity index (χ3v) is 3.47. The van der Waals surface area contributed by atoms with E-state index in [1.807, 2.05) is 30.3 Å². The second-order valence-electron chi connectivity index (χ2n) is 5.46. The van der Waals surface area contributed by atoms with Crippen LogP contribution in [0.3, 0.4) is 0 Å². The third kappa shape index (κ3) is 5.43. The van der Waals surface area contributed by atoms with E-state index in [1.54, 1.807) is 18.2 Å². The summed E-state index contributed by atoms with van der Waals surface area (Å²) in [4.78, 5) is 22.7. The molecule has 0 fully saturated rings. The van der Waals surface area contributed by atoms with Gasteiger partial charge >= 0.3 is 5.97 Å². The van der Waals surface area contributed by atoms with Crippen molar-refractivity contribution in [2.75, 3.05) is 6.61 Å². The molecule has 0 radical (unpaired) electrons. The first-order valence-corrected chi connectivity index (χ1v) is 7.89. The van der Waals surface area contributed by atoms with Crippen molar-refractivity contribution >= 4 is 11.9 Å². The molecule has 0 aliphatic heterocycles. The van der Waals surface area contributed by atoms with Crippen LogP contribution in [0.25, 0.3) is 0 Å². The smallest absolute Gasteiger partial charge is 0.341 e. The van der Waals surface area contributed by atoms with Crippen LogP contribution in [0.2, 0.25) is 0 Å². The predicted octanol–water partition coefficient (Wildman–Crippen LogP) is 3.03. The molecular weight excluding hydrogens is 306 g/mol. The molecule has 0 unspecified atom stereocenters. The van der Waals surface area contributed by atoms with E-state index in [1.165, 1.54) is 5.56 Å². The lowest BCUT2D eigenvalue weighted by Gasteiger charge is -2.08. The molecule has 1 amide bonds. The molecule has 2 N–H and O–H groups in total. The number of carbonyl (C=O) groups is 2. The second kappa shape index (κ2) is 8.72. The van der Waals surface area contributed by atoms with Gasteiger partial charge in [-0.1, -0.05) is 37.6 Å². The van der Waals surface area contributed by atoms with Crippen molar-refractivity contribution in [1.82, 2.24) is 5.32 Å². The Morgan fingerprint density at radius 1 is 1.08 bits per heavy atom. The summed E-state index contributed by atoms with van der Waals surface area (Å²) in [5.74, 6) is -0.705. The molecule has 0 heterocycles. The van der Waals surface area contributed by atoms with Gasteiger partial charge in [-0.25, -0.2) is 4.79 Å². The molecule has 0 bridgehead atoms. The van der Waals surface area contributed by atoms with Crippen LogP contribution in [0.5, 0.6) is 5.75 Å². The summed E-state index contributed by atoms with van der Waals surface area (Å²) in [6.07, 6.45) is 2.08. The van der Waals surface area contributed by atoms with Gasteiger partial charge in [-0.2, -0.15) is 0 Å². The van der Waals surface area contributed by atoms with E-state index >= 15 is 0 Å². The number of benzene rings is 2. The molecule has 2 aromatic rings. The number of hydrogen-bond acceptors (Lipinski definition) is 3. The van der Waals surface area contributed by atoms with E-state index in [4.69, 9.17) is 9.84 Å². The zero-order valence-corrected chi connectivity index (χ0v) is 13.6. The molecule has 2 rings (SSSR count). The van der Waals surface area contributed by atoms with Crippen LogP contribution in [0.1, 0.15) is 34.8 Å². The lowest BCUT2D eigenvalue weighted by Crippen LogP contribution is -2.22. The standard InChI is InChI=1S/C19H21NO4/c1-2-4-14-7-9-16(10-8-14)19(23)20-12-15-5-3-6-17(11-15)24-13-18(21)22/h3,5-11H,2,4,12-13H2,1H3,(H,20,23)(H,21,22). The zero-order valence-electron chi connectivity index (χ0n) is 13.6. The van der Waals surface area contributed by atoms with E-state index in [0.29, 0.717) is 17.9 Å². The lowest BCUT2D eigenvalue weighted by atomic mass is 10.1. The number of carboxylic acids is 1. The molecule has 0 aliphatic carbocycles. The van der Waals surface area contributed by atoms with E-state index in [2.05, 4.69) is 12.2 Å². The average molecular weight is 327 g/mol. The molecule has 5 heteroatoms. The van der Waals surface area contributed by atoms with Crippen LogP contribution in [-0.2, 0) is 17.8 Å². The fourth-order valence-electron chi connectivity index (χ4n) is 2.29. The van der Waals surface area contributed by atoms with Gasteiger partial charge in [0.05, 0.1) is 0 Å². The largest absolute Gasteiger partial charge is 0.482 e. The summed E-state index contributed by atoms with van der Waals surface area (Å²) >= 11 is 0. The Hall–Kier alpha value is -2.82. The first-order chi connectivity index (χ1) is 11.6. The van der Waals surface area contributed by atoms with Gasteiger partial charge in [0.25, 0.3) is 5.91 Å². The highest BCUT2D eigenvalue weighted by molar-refractivity contribution is 5.94. The van der Waals surface area contributed by atoms with Gasteiger partial charge in [0, 0.05) is 12.1 Å². The van der Waals surface area contributed by atoms with Crippen molar-refractivity contribution in [1.29, 1.82) is 0 Å². The number of amides is 1. The predicted molar refractivity (Wildman–Crippen MR) is 91.2 cm³/mol. The van der Waals surface area contributed by atoms with E-state index in [9.17, 15) is 9.59 Å². The van der Waals surface area contributed by atoms with Crippen molar-refractivity contribution in [2.45, 2.75) is 26.3 Å². The Morgan fingerprint density at radius 2 is 1.83 bits per heavy atom. The molecule has 2 aromatic carbocycles. The maximum absolute atomic E-state index is 12.2. The quantitative estimate of drug-likeness (QED) is 0.781. The Balaban J connectivity index is 1.91. The minimum absolute atomic E-state index is 0.144. The molecule has 5 nitrogen and oxygen atoms in total. The van der Waals surface area contributed by atoms with Crippen molar-refractivity contribution in [2.24, 2.45) is 0 Å². The fraction of sp³-hybridized carbons (Fsp3) is 0.263. The second-order valence-corrected chi connectivity index (χ2v) is 5.46. The van der Waals surface area contributed by atoms with Crippen LogP contribution in [0.4, 0.5) is 0 Å². The number of nitrogens with one attached hydrogen (secondary N) is 1. The highest BCUT2D eigenvalue weighted by Crippen LogP contribution is 2.13. The van der Waals surface area contributed by atoms with Gasteiger partial charge in [0.2, 0.25) is 0 Å². The maximum Gasteiger partial charge on any atom is 0.341 e. The van der Waals surface area contributed by atoms with Crippen molar-refractivity contribution in [3.05, 3.63) is 65.2 Å². The summed E-state index contributed by atoms with van der Waals surface area (Å²) in [7, 11) is 0. The van der Waals surface area contributed by atoms with Crippen molar-refractivity contribution in [3.63, 3.8) is 0 Å². The van der Waals surface area contributed by atoms with Crippen LogP contribution < -0.4 is 10.1 Å². The molecule has 126 valence electrons. The molecule has 0 atom stereocenters. The Morgan fingerprint density at radius 3 is 2.50 bits per heavy atom. The van der Waals surface area contributed by atoms with Crippen molar-refractivity contribution in [3.8, 4) is 5.75 Å². The molecule has 0 saturated heterocycles. The minimum atomic E-state index is -1.03. The van der Waals surface area contributed by atoms with Crippen LogP contribution in [0, 0.1) is 0 Å².